The number of nitrogens with two attached hydrogens (primary N) is 1. The zero-order valence-corrected chi connectivity index (χ0v) is 13.1. The average Bonchev–Trinajstić information content (AvgIpc) is 2.52. The smallest absolute Gasteiger partial charge is 0.162 e. The molecule has 1 aromatic rings. The van der Waals surface area contributed by atoms with Gasteiger partial charge in [0.15, 0.2) is 11.5 Å². The molecule has 0 radical (unpaired) electrons. The Bertz CT molecular complexity index is 489. The van der Waals surface area contributed by atoms with Crippen LogP contribution in [0.5, 0.6) is 11.5 Å². The topological polar surface area (TPSA) is 35.1 Å². The first-order chi connectivity index (χ1) is 10.3. The second-order valence-electron chi connectivity index (χ2n) is 5.66. The highest BCUT2D eigenvalue weighted by Gasteiger charge is 2.23. The van der Waals surface area contributed by atoms with Crippen LogP contribution in [0.25, 0.3) is 0 Å². The van der Waals surface area contributed by atoms with Crippen LogP contribution in [0.4, 0.5) is 0 Å². The lowest BCUT2D eigenvalue weighted by Gasteiger charge is -2.25. The van der Waals surface area contributed by atoms with Gasteiger partial charge in [0.2, 0.25) is 0 Å². The van der Waals surface area contributed by atoms with Crippen molar-refractivity contribution in [3.05, 3.63) is 24.3 Å². The van der Waals surface area contributed by atoms with Gasteiger partial charge in [-0.3, -0.25) is 0 Å². The first-order valence-corrected chi connectivity index (χ1v) is 7.86. The molecule has 2 N–H and O–H groups in total. The predicted octanol–water partition coefficient (Wildman–Crippen LogP) is 2.22. The Kier molecular flexibility index (Phi) is 6.43. The molecule has 0 heterocycles. The second kappa shape index (κ2) is 8.59. The van der Waals surface area contributed by atoms with Crippen LogP contribution in [0.15, 0.2) is 24.3 Å². The first-order valence-electron chi connectivity index (χ1n) is 7.86. The number of rotatable bonds is 5. The van der Waals surface area contributed by atoms with Crippen LogP contribution in [-0.4, -0.2) is 26.3 Å². The molecule has 0 aliphatic heterocycles. The average molecular weight is 288 g/mol. The number of ether oxygens (including phenoxy) is 2. The maximum absolute atomic E-state index is 5.63. The molecule has 0 spiro atoms. The Balaban J connectivity index is 1.69. The van der Waals surface area contributed by atoms with Gasteiger partial charge < -0.3 is 14.8 Å². The first kappa shape index (κ1) is 15.7. The molecule has 0 amide bonds. The van der Waals surface area contributed by atoms with Crippen LogP contribution in [0.2, 0.25) is 0 Å². The fourth-order valence-corrected chi connectivity index (χ4v) is 2.88. The lowest BCUT2D eigenvalue weighted by molar-refractivity contribution is -0.688. The van der Waals surface area contributed by atoms with E-state index in [4.69, 9.17) is 9.47 Å². The number of para-hydroxylation sites is 2. The van der Waals surface area contributed by atoms with Gasteiger partial charge in [0, 0.05) is 5.92 Å². The van der Waals surface area contributed by atoms with Crippen LogP contribution in [0, 0.1) is 17.8 Å². The van der Waals surface area contributed by atoms with Crippen molar-refractivity contribution in [2.24, 2.45) is 5.92 Å². The Morgan fingerprint density at radius 2 is 1.90 bits per heavy atom. The van der Waals surface area contributed by atoms with E-state index in [0.29, 0.717) is 6.61 Å². The van der Waals surface area contributed by atoms with Gasteiger partial charge in [0.05, 0.1) is 13.2 Å². The molecule has 0 saturated heterocycles. The molecule has 2 atom stereocenters. The van der Waals surface area contributed by atoms with Gasteiger partial charge in [0.1, 0.15) is 13.2 Å². The zero-order chi connectivity index (χ0) is 14.9. The van der Waals surface area contributed by atoms with E-state index in [9.17, 15) is 0 Å². The molecule has 0 bridgehead atoms. The number of benzene rings is 1. The fourth-order valence-electron chi connectivity index (χ4n) is 2.88. The fraction of sp³-hybridized carbons (Fsp3) is 0.556. The predicted molar refractivity (Wildman–Crippen MR) is 84.5 cm³/mol. The van der Waals surface area contributed by atoms with E-state index in [1.165, 1.54) is 25.7 Å². The summed E-state index contributed by atoms with van der Waals surface area (Å²) in [4.78, 5) is 0. The van der Waals surface area contributed by atoms with Gasteiger partial charge in [-0.1, -0.05) is 31.4 Å². The molecule has 3 nitrogen and oxygen atoms in total. The summed E-state index contributed by atoms with van der Waals surface area (Å²) in [5.41, 5.74) is 0. The van der Waals surface area contributed by atoms with Crippen molar-refractivity contribution in [3.63, 3.8) is 0 Å². The molecule has 1 aliphatic rings. The van der Waals surface area contributed by atoms with Crippen molar-refractivity contribution >= 4 is 0 Å². The molecule has 3 heteroatoms. The zero-order valence-electron chi connectivity index (χ0n) is 13.1. The molecule has 0 aromatic heterocycles. The van der Waals surface area contributed by atoms with Crippen molar-refractivity contribution in [2.45, 2.75) is 38.6 Å². The summed E-state index contributed by atoms with van der Waals surface area (Å²) in [7, 11) is 1.65. The van der Waals surface area contributed by atoms with Crippen LogP contribution in [0.1, 0.15) is 32.6 Å². The largest absolute Gasteiger partial charge is 0.493 e. The summed E-state index contributed by atoms with van der Waals surface area (Å²) in [5, 5.41) is 2.39. The molecule has 1 saturated carbocycles. The molecule has 2 rings (SSSR count). The van der Waals surface area contributed by atoms with Crippen molar-refractivity contribution in [1.29, 1.82) is 0 Å². The molecule has 1 fully saturated rings. The molecular weight excluding hydrogens is 262 g/mol. The summed E-state index contributed by atoms with van der Waals surface area (Å²) < 4.78 is 10.9. The van der Waals surface area contributed by atoms with Gasteiger partial charge in [0.25, 0.3) is 0 Å². The monoisotopic (exact) mass is 288 g/mol. The molecular formula is C18H26NO2+. The third kappa shape index (κ3) is 4.99. The van der Waals surface area contributed by atoms with E-state index in [1.807, 2.05) is 24.3 Å². The highest BCUT2D eigenvalue weighted by Crippen LogP contribution is 2.25. The van der Waals surface area contributed by atoms with E-state index in [-0.39, 0.29) is 0 Å². The quantitative estimate of drug-likeness (QED) is 0.843. The summed E-state index contributed by atoms with van der Waals surface area (Å²) in [6.07, 6.45) is 5.46. The lowest BCUT2D eigenvalue weighted by Crippen LogP contribution is -2.91. The van der Waals surface area contributed by atoms with Gasteiger partial charge >= 0.3 is 0 Å². The second-order valence-corrected chi connectivity index (χ2v) is 5.66. The van der Waals surface area contributed by atoms with Crippen LogP contribution in [-0.2, 0) is 0 Å². The molecule has 1 aliphatic carbocycles. The highest BCUT2D eigenvalue weighted by molar-refractivity contribution is 5.39. The molecule has 1 aromatic carbocycles. The Labute approximate surface area is 128 Å². The van der Waals surface area contributed by atoms with E-state index < -0.39 is 0 Å². The minimum absolute atomic E-state index is 0.411. The summed E-state index contributed by atoms with van der Waals surface area (Å²) >= 11 is 0. The van der Waals surface area contributed by atoms with E-state index in [0.717, 1.165) is 30.0 Å². The normalized spacial score (nSPS) is 21.2. The van der Waals surface area contributed by atoms with Crippen LogP contribution >= 0.6 is 0 Å². The Morgan fingerprint density at radius 1 is 1.14 bits per heavy atom. The molecule has 21 heavy (non-hydrogen) atoms. The van der Waals surface area contributed by atoms with E-state index in [1.54, 1.807) is 7.11 Å². The Hall–Kier alpha value is -1.66. The third-order valence-electron chi connectivity index (χ3n) is 4.19. The van der Waals surface area contributed by atoms with Crippen LogP contribution < -0.4 is 14.8 Å². The molecule has 0 unspecified atom stereocenters. The van der Waals surface area contributed by atoms with Crippen molar-refractivity contribution in [2.75, 3.05) is 20.3 Å². The maximum Gasteiger partial charge on any atom is 0.162 e. The minimum atomic E-state index is 0.411. The maximum atomic E-state index is 5.63. The van der Waals surface area contributed by atoms with Gasteiger partial charge in [-0.15, -0.1) is 0 Å². The van der Waals surface area contributed by atoms with Gasteiger partial charge in [-0.25, -0.2) is 0 Å². The van der Waals surface area contributed by atoms with Gasteiger partial charge in [-0.2, -0.15) is 0 Å². The third-order valence-corrected chi connectivity index (χ3v) is 4.19. The summed E-state index contributed by atoms with van der Waals surface area (Å²) in [5.74, 6) is 8.60. The minimum Gasteiger partial charge on any atom is -0.493 e. The standard InChI is InChI=1S/C18H25NO2/c1-15-9-3-4-10-16(15)19-13-7-8-14-21-18-12-6-5-11-17(18)20-2/h5-6,11-12,15-16,19H,3-4,9-10,13-14H2,1-2H3/p+1/t15-,16+/m0/s1. The molecule has 114 valence electrons. The number of hydrogen-bond donors (Lipinski definition) is 1. The van der Waals surface area contributed by atoms with Crippen LogP contribution in [0.3, 0.4) is 0 Å². The number of methoxy groups -OCH3 is 1. The van der Waals surface area contributed by atoms with Gasteiger partial charge in [-0.05, 0) is 37.3 Å². The Morgan fingerprint density at radius 3 is 2.67 bits per heavy atom. The highest BCUT2D eigenvalue weighted by atomic mass is 16.5. The SMILES string of the molecule is COc1ccccc1OCC#CC[NH2+][C@@H]1CCCC[C@@H]1C. The van der Waals surface area contributed by atoms with E-state index in [2.05, 4.69) is 24.1 Å². The lowest BCUT2D eigenvalue weighted by atomic mass is 9.86. The van der Waals surface area contributed by atoms with E-state index >= 15 is 0 Å². The van der Waals surface area contributed by atoms with Crippen molar-refractivity contribution < 1.29 is 14.8 Å². The summed E-state index contributed by atoms with van der Waals surface area (Å²) in [6.45, 7) is 3.64. The summed E-state index contributed by atoms with van der Waals surface area (Å²) in [6, 6.07) is 8.40. The number of hydrogen-bond acceptors (Lipinski definition) is 2. The number of quaternary nitrogens is 1. The van der Waals surface area contributed by atoms with Crippen molar-refractivity contribution in [1.82, 2.24) is 0 Å². The van der Waals surface area contributed by atoms with Crippen molar-refractivity contribution in [3.8, 4) is 23.3 Å².